The first-order valence-corrected chi connectivity index (χ1v) is 7.20. The Labute approximate surface area is 126 Å². The van der Waals surface area contributed by atoms with Gasteiger partial charge in [0.05, 0.1) is 28.3 Å². The molecule has 0 unspecified atom stereocenters. The first-order chi connectivity index (χ1) is 10.8. The first kappa shape index (κ1) is 12.8. The van der Waals surface area contributed by atoms with Crippen LogP contribution in [-0.2, 0) is 6.54 Å². The number of benzene rings is 1. The maximum Gasteiger partial charge on any atom is 0.262 e. The highest BCUT2D eigenvalue weighted by molar-refractivity contribution is 6.04. The van der Waals surface area contributed by atoms with Crippen molar-refractivity contribution in [2.45, 2.75) is 13.5 Å². The summed E-state index contributed by atoms with van der Waals surface area (Å²) in [7, 11) is 0. The van der Waals surface area contributed by atoms with Crippen molar-refractivity contribution in [2.75, 3.05) is 0 Å². The molecular weight excluding hydrogens is 276 g/mol. The summed E-state index contributed by atoms with van der Waals surface area (Å²) in [5, 5.41) is 8.57. The Morgan fingerprint density at radius 3 is 2.86 bits per heavy atom. The van der Waals surface area contributed by atoms with Crippen LogP contribution in [0.5, 0.6) is 0 Å². The molecule has 0 aliphatic heterocycles. The molecule has 0 bridgehead atoms. The van der Waals surface area contributed by atoms with Gasteiger partial charge in [0, 0.05) is 23.7 Å². The zero-order valence-corrected chi connectivity index (χ0v) is 12.1. The molecule has 1 aromatic carbocycles. The number of pyridine rings is 2. The molecule has 3 aromatic heterocycles. The van der Waals surface area contributed by atoms with Crippen molar-refractivity contribution >= 4 is 21.8 Å². The molecule has 0 aliphatic carbocycles. The zero-order chi connectivity index (χ0) is 15.1. The van der Waals surface area contributed by atoms with Gasteiger partial charge in [-0.05, 0) is 25.1 Å². The lowest BCUT2D eigenvalue weighted by molar-refractivity contribution is 0.767. The van der Waals surface area contributed by atoms with Crippen LogP contribution in [0.15, 0.2) is 53.6 Å². The van der Waals surface area contributed by atoms with Gasteiger partial charge in [-0.2, -0.15) is 5.10 Å². The van der Waals surface area contributed by atoms with Crippen LogP contribution in [-0.4, -0.2) is 19.7 Å². The first-order valence-electron chi connectivity index (χ1n) is 7.20. The Morgan fingerprint density at radius 1 is 1.18 bits per heavy atom. The van der Waals surface area contributed by atoms with E-state index < -0.39 is 0 Å². The minimum atomic E-state index is -0.0167. The number of aryl methyl sites for hydroxylation is 1. The molecule has 22 heavy (non-hydrogen) atoms. The molecule has 3 heterocycles. The van der Waals surface area contributed by atoms with Crippen molar-refractivity contribution < 1.29 is 0 Å². The van der Waals surface area contributed by atoms with Crippen molar-refractivity contribution in [3.8, 4) is 11.3 Å². The smallest absolute Gasteiger partial charge is 0.262 e. The topological polar surface area (TPSA) is 63.6 Å². The third-order valence-corrected chi connectivity index (χ3v) is 3.95. The molecule has 4 rings (SSSR count). The van der Waals surface area contributed by atoms with Crippen LogP contribution in [0.1, 0.15) is 6.92 Å². The van der Waals surface area contributed by atoms with E-state index in [1.807, 2.05) is 43.3 Å². The largest absolute Gasteiger partial charge is 0.308 e. The van der Waals surface area contributed by atoms with Crippen LogP contribution in [0, 0.1) is 0 Å². The maximum absolute atomic E-state index is 12.6. The second-order valence-corrected chi connectivity index (χ2v) is 5.15. The number of aromatic amines is 1. The van der Waals surface area contributed by atoms with Crippen LogP contribution in [0.3, 0.4) is 0 Å². The predicted octanol–water partition coefficient (Wildman–Crippen LogP) is 2.96. The molecular formula is C17H14N4O. The molecule has 0 radical (unpaired) electrons. The highest BCUT2D eigenvalue weighted by Crippen LogP contribution is 2.26. The summed E-state index contributed by atoms with van der Waals surface area (Å²) >= 11 is 0. The van der Waals surface area contributed by atoms with Gasteiger partial charge in [0.15, 0.2) is 0 Å². The van der Waals surface area contributed by atoms with Crippen molar-refractivity contribution in [3.63, 3.8) is 0 Å². The van der Waals surface area contributed by atoms with E-state index in [2.05, 4.69) is 15.2 Å². The standard InChI is InChI=1S/C17H14N4O/c1-2-21-15-9-11(14-5-3-4-8-18-14)6-7-12(15)16-13(17(21)22)10-19-20-16/h3-10H,2H2,1H3,(H,19,20). The average molecular weight is 290 g/mol. The maximum atomic E-state index is 12.6. The summed E-state index contributed by atoms with van der Waals surface area (Å²) in [6, 6.07) is 11.9. The molecule has 0 spiro atoms. The molecule has 0 atom stereocenters. The van der Waals surface area contributed by atoms with Gasteiger partial charge in [-0.25, -0.2) is 0 Å². The number of nitrogens with one attached hydrogen (secondary N) is 1. The average Bonchev–Trinajstić information content (AvgIpc) is 3.06. The van der Waals surface area contributed by atoms with Crippen LogP contribution in [0.2, 0.25) is 0 Å². The Hall–Kier alpha value is -2.95. The third-order valence-electron chi connectivity index (χ3n) is 3.95. The highest BCUT2D eigenvalue weighted by atomic mass is 16.1. The molecule has 1 N–H and O–H groups in total. The minimum absolute atomic E-state index is 0.0167. The van der Waals surface area contributed by atoms with Crippen molar-refractivity contribution in [1.29, 1.82) is 0 Å². The number of H-pyrrole nitrogens is 1. The van der Waals surface area contributed by atoms with E-state index in [1.165, 1.54) is 0 Å². The van der Waals surface area contributed by atoms with Gasteiger partial charge in [-0.15, -0.1) is 0 Å². The molecule has 108 valence electrons. The number of rotatable bonds is 2. The molecule has 0 saturated carbocycles. The Balaban J connectivity index is 2.11. The Kier molecular flexibility index (Phi) is 2.79. The van der Waals surface area contributed by atoms with Gasteiger partial charge in [0.25, 0.3) is 5.56 Å². The molecule has 0 amide bonds. The van der Waals surface area contributed by atoms with E-state index >= 15 is 0 Å². The van der Waals surface area contributed by atoms with Gasteiger partial charge in [0.1, 0.15) is 0 Å². The normalized spacial score (nSPS) is 11.3. The lowest BCUT2D eigenvalue weighted by Crippen LogP contribution is -2.19. The van der Waals surface area contributed by atoms with Crippen LogP contribution < -0.4 is 5.56 Å². The molecule has 0 saturated heterocycles. The fourth-order valence-electron chi connectivity index (χ4n) is 2.88. The molecule has 0 aliphatic rings. The van der Waals surface area contributed by atoms with Gasteiger partial charge in [0.2, 0.25) is 0 Å². The summed E-state index contributed by atoms with van der Waals surface area (Å²) in [6.45, 7) is 2.59. The van der Waals surface area contributed by atoms with Crippen LogP contribution in [0.25, 0.3) is 33.1 Å². The van der Waals surface area contributed by atoms with E-state index in [0.29, 0.717) is 11.9 Å². The zero-order valence-electron chi connectivity index (χ0n) is 12.1. The van der Waals surface area contributed by atoms with E-state index in [0.717, 1.165) is 27.7 Å². The summed E-state index contributed by atoms with van der Waals surface area (Å²) in [4.78, 5) is 16.9. The molecule has 5 nitrogen and oxygen atoms in total. The predicted molar refractivity (Wildman–Crippen MR) is 86.8 cm³/mol. The quantitative estimate of drug-likeness (QED) is 0.617. The lowest BCUT2D eigenvalue weighted by Gasteiger charge is -2.10. The fraction of sp³-hybridized carbons (Fsp3) is 0.118. The van der Waals surface area contributed by atoms with Gasteiger partial charge < -0.3 is 4.57 Å². The van der Waals surface area contributed by atoms with E-state index in [4.69, 9.17) is 0 Å². The van der Waals surface area contributed by atoms with Gasteiger partial charge >= 0.3 is 0 Å². The molecule has 0 fully saturated rings. The van der Waals surface area contributed by atoms with Gasteiger partial charge in [-0.3, -0.25) is 14.9 Å². The summed E-state index contributed by atoms with van der Waals surface area (Å²) < 4.78 is 1.78. The summed E-state index contributed by atoms with van der Waals surface area (Å²) in [5.41, 5.74) is 3.55. The van der Waals surface area contributed by atoms with Crippen LogP contribution >= 0.6 is 0 Å². The third kappa shape index (κ3) is 1.75. The Morgan fingerprint density at radius 2 is 2.09 bits per heavy atom. The monoisotopic (exact) mass is 290 g/mol. The van der Waals surface area contributed by atoms with Crippen molar-refractivity contribution in [3.05, 3.63) is 59.1 Å². The molecule has 5 heteroatoms. The van der Waals surface area contributed by atoms with E-state index in [1.54, 1.807) is 17.0 Å². The highest BCUT2D eigenvalue weighted by Gasteiger charge is 2.12. The van der Waals surface area contributed by atoms with Crippen LogP contribution in [0.4, 0.5) is 0 Å². The van der Waals surface area contributed by atoms with Crippen molar-refractivity contribution in [1.82, 2.24) is 19.7 Å². The number of hydrogen-bond donors (Lipinski definition) is 1. The van der Waals surface area contributed by atoms with E-state index in [-0.39, 0.29) is 5.56 Å². The fourth-order valence-corrected chi connectivity index (χ4v) is 2.88. The van der Waals surface area contributed by atoms with E-state index in [9.17, 15) is 4.79 Å². The second kappa shape index (κ2) is 4.80. The number of hydrogen-bond acceptors (Lipinski definition) is 3. The lowest BCUT2D eigenvalue weighted by atomic mass is 10.1. The molecule has 4 aromatic rings. The number of nitrogens with zero attached hydrogens (tertiary/aromatic N) is 3. The Bertz CT molecular complexity index is 1030. The number of aromatic nitrogens is 4. The summed E-state index contributed by atoms with van der Waals surface area (Å²) in [6.07, 6.45) is 3.36. The second-order valence-electron chi connectivity index (χ2n) is 5.15. The van der Waals surface area contributed by atoms with Gasteiger partial charge in [-0.1, -0.05) is 18.2 Å². The number of fused-ring (bicyclic) bond motifs is 3. The minimum Gasteiger partial charge on any atom is -0.308 e. The SMILES string of the molecule is CCn1c(=O)c2cn[nH]c2c2ccc(-c3ccccn3)cc21. The van der Waals surface area contributed by atoms with Crippen molar-refractivity contribution in [2.24, 2.45) is 0 Å². The summed E-state index contributed by atoms with van der Waals surface area (Å²) in [5.74, 6) is 0.